The van der Waals surface area contributed by atoms with Gasteiger partial charge in [-0.05, 0) is 36.6 Å². The van der Waals surface area contributed by atoms with Gasteiger partial charge in [0.1, 0.15) is 5.75 Å². The van der Waals surface area contributed by atoms with Crippen LogP contribution in [-0.2, 0) is 13.0 Å². The van der Waals surface area contributed by atoms with Crippen molar-refractivity contribution in [2.75, 3.05) is 19.7 Å². The third-order valence-electron chi connectivity index (χ3n) is 4.10. The van der Waals surface area contributed by atoms with Crippen LogP contribution >= 0.6 is 27.5 Å². The second-order valence-electron chi connectivity index (χ2n) is 5.67. The molecule has 0 bridgehead atoms. The van der Waals surface area contributed by atoms with Gasteiger partial charge in [0.05, 0.1) is 6.61 Å². The van der Waals surface area contributed by atoms with Crippen molar-refractivity contribution in [2.45, 2.75) is 31.1 Å². The minimum Gasteiger partial charge on any atom is -0.493 e. The van der Waals surface area contributed by atoms with Crippen LogP contribution in [0.25, 0.3) is 0 Å². The van der Waals surface area contributed by atoms with Crippen molar-refractivity contribution < 1.29 is 4.74 Å². The fraction of sp³-hybridized carbons (Fsp3) is 0.600. The van der Waals surface area contributed by atoms with Gasteiger partial charge in [0, 0.05) is 34.9 Å². The van der Waals surface area contributed by atoms with Crippen LogP contribution in [0.2, 0.25) is 5.02 Å². The smallest absolute Gasteiger partial charge is 0.127 e. The molecule has 1 aromatic rings. The Morgan fingerprint density at radius 1 is 1.47 bits per heavy atom. The second-order valence-corrected chi connectivity index (χ2v) is 7.28. The zero-order valence-electron chi connectivity index (χ0n) is 11.2. The first kappa shape index (κ1) is 13.7. The molecule has 4 heteroatoms. The molecular formula is C15H19BrClNO. The summed E-state index contributed by atoms with van der Waals surface area (Å²) in [7, 11) is 0. The molecule has 104 valence electrons. The van der Waals surface area contributed by atoms with Gasteiger partial charge in [-0.15, -0.1) is 0 Å². The second kappa shape index (κ2) is 5.63. The van der Waals surface area contributed by atoms with E-state index in [4.69, 9.17) is 16.3 Å². The molecule has 2 atom stereocenters. The summed E-state index contributed by atoms with van der Waals surface area (Å²) in [5, 5.41) is 0.836. The Hall–Kier alpha value is -0.250. The monoisotopic (exact) mass is 343 g/mol. The lowest BCUT2D eigenvalue weighted by Gasteiger charge is -2.34. The Balaban J connectivity index is 1.77. The van der Waals surface area contributed by atoms with Crippen molar-refractivity contribution >= 4 is 27.5 Å². The maximum atomic E-state index is 6.22. The number of rotatable bonds is 2. The lowest BCUT2D eigenvalue weighted by molar-refractivity contribution is 0.181. The highest BCUT2D eigenvalue weighted by molar-refractivity contribution is 9.09. The molecule has 1 saturated heterocycles. The van der Waals surface area contributed by atoms with E-state index in [1.165, 1.54) is 17.5 Å². The van der Waals surface area contributed by atoms with Gasteiger partial charge in [0.2, 0.25) is 0 Å². The van der Waals surface area contributed by atoms with E-state index in [1.807, 2.05) is 6.07 Å². The summed E-state index contributed by atoms with van der Waals surface area (Å²) < 4.78 is 5.78. The SMILES string of the molecule is CC1CN(Cc2cc(Cl)cc3c2OCC3)CCC1Br. The minimum atomic E-state index is 0.657. The lowest BCUT2D eigenvalue weighted by Crippen LogP contribution is -2.39. The molecule has 0 amide bonds. The molecule has 0 radical (unpaired) electrons. The van der Waals surface area contributed by atoms with Crippen LogP contribution in [0.3, 0.4) is 0 Å². The molecule has 2 unspecified atom stereocenters. The molecule has 0 aromatic heterocycles. The summed E-state index contributed by atoms with van der Waals surface area (Å²) >= 11 is 9.97. The van der Waals surface area contributed by atoms with Gasteiger partial charge in [-0.3, -0.25) is 4.90 Å². The molecule has 0 spiro atoms. The maximum Gasteiger partial charge on any atom is 0.127 e. The van der Waals surface area contributed by atoms with Crippen LogP contribution in [0.4, 0.5) is 0 Å². The zero-order chi connectivity index (χ0) is 13.4. The number of fused-ring (bicyclic) bond motifs is 1. The van der Waals surface area contributed by atoms with Crippen molar-refractivity contribution in [1.29, 1.82) is 0 Å². The molecule has 3 rings (SSSR count). The van der Waals surface area contributed by atoms with E-state index in [-0.39, 0.29) is 0 Å². The topological polar surface area (TPSA) is 12.5 Å². The van der Waals surface area contributed by atoms with E-state index >= 15 is 0 Å². The molecule has 2 heterocycles. The van der Waals surface area contributed by atoms with Gasteiger partial charge in [0.15, 0.2) is 0 Å². The van der Waals surface area contributed by atoms with Gasteiger partial charge >= 0.3 is 0 Å². The summed E-state index contributed by atoms with van der Waals surface area (Å²) in [5.74, 6) is 1.78. The van der Waals surface area contributed by atoms with Gasteiger partial charge < -0.3 is 4.74 Å². The zero-order valence-corrected chi connectivity index (χ0v) is 13.5. The van der Waals surface area contributed by atoms with Gasteiger partial charge in [-0.25, -0.2) is 0 Å². The number of ether oxygens (including phenoxy) is 1. The lowest BCUT2D eigenvalue weighted by atomic mass is 9.99. The Kier molecular flexibility index (Phi) is 4.06. The van der Waals surface area contributed by atoms with Gasteiger partial charge in [0.25, 0.3) is 0 Å². The number of piperidine rings is 1. The first-order chi connectivity index (χ1) is 9.13. The third-order valence-corrected chi connectivity index (χ3v) is 5.68. The molecule has 1 fully saturated rings. The first-order valence-electron chi connectivity index (χ1n) is 6.94. The summed E-state index contributed by atoms with van der Waals surface area (Å²) in [6.45, 7) is 6.33. The largest absolute Gasteiger partial charge is 0.493 e. The standard InChI is InChI=1S/C15H19BrClNO/c1-10-8-18(4-2-14(10)16)9-12-7-13(17)6-11-3-5-19-15(11)12/h6-7,10,14H,2-5,8-9H2,1H3. The van der Waals surface area contributed by atoms with Crippen molar-refractivity contribution in [2.24, 2.45) is 5.92 Å². The molecule has 0 saturated carbocycles. The summed E-state index contributed by atoms with van der Waals surface area (Å²) in [6, 6.07) is 4.11. The molecule has 0 aliphatic carbocycles. The number of hydrogen-bond acceptors (Lipinski definition) is 2. The minimum absolute atomic E-state index is 0.657. The Bertz CT molecular complexity index is 479. The maximum absolute atomic E-state index is 6.22. The van der Waals surface area contributed by atoms with Crippen LogP contribution in [0.5, 0.6) is 5.75 Å². The van der Waals surface area contributed by atoms with Crippen LogP contribution < -0.4 is 4.74 Å². The molecule has 2 nitrogen and oxygen atoms in total. The van der Waals surface area contributed by atoms with Crippen molar-refractivity contribution in [3.63, 3.8) is 0 Å². The van der Waals surface area contributed by atoms with Crippen molar-refractivity contribution in [3.05, 3.63) is 28.3 Å². The number of nitrogens with zero attached hydrogens (tertiary/aromatic N) is 1. The van der Waals surface area contributed by atoms with E-state index in [9.17, 15) is 0 Å². The van der Waals surface area contributed by atoms with Gasteiger partial charge in [-0.1, -0.05) is 34.5 Å². The summed E-state index contributed by atoms with van der Waals surface area (Å²) in [5.41, 5.74) is 2.52. The van der Waals surface area contributed by atoms with E-state index in [0.717, 1.165) is 43.4 Å². The van der Waals surface area contributed by atoms with E-state index < -0.39 is 0 Å². The molecule has 19 heavy (non-hydrogen) atoms. The fourth-order valence-electron chi connectivity index (χ4n) is 3.05. The highest BCUT2D eigenvalue weighted by Crippen LogP contribution is 2.34. The Morgan fingerprint density at radius 2 is 2.32 bits per heavy atom. The normalized spacial score (nSPS) is 27.1. The number of benzene rings is 1. The number of hydrogen-bond donors (Lipinski definition) is 0. The van der Waals surface area contributed by atoms with Crippen LogP contribution in [0.15, 0.2) is 12.1 Å². The molecule has 2 aliphatic rings. The summed E-state index contributed by atoms with van der Waals surface area (Å²) in [4.78, 5) is 3.17. The Morgan fingerprint density at radius 3 is 3.11 bits per heavy atom. The molecule has 1 aromatic carbocycles. The van der Waals surface area contributed by atoms with Crippen LogP contribution in [0.1, 0.15) is 24.5 Å². The number of halogens is 2. The molecule has 0 N–H and O–H groups in total. The highest BCUT2D eigenvalue weighted by Gasteiger charge is 2.25. The third kappa shape index (κ3) is 2.93. The van der Waals surface area contributed by atoms with Gasteiger partial charge in [-0.2, -0.15) is 0 Å². The van der Waals surface area contributed by atoms with Crippen molar-refractivity contribution in [3.8, 4) is 5.75 Å². The van der Waals surface area contributed by atoms with E-state index in [1.54, 1.807) is 0 Å². The van der Waals surface area contributed by atoms with E-state index in [0.29, 0.717) is 10.7 Å². The molecule has 2 aliphatic heterocycles. The highest BCUT2D eigenvalue weighted by atomic mass is 79.9. The average Bonchev–Trinajstić information content (AvgIpc) is 2.82. The predicted molar refractivity (Wildman–Crippen MR) is 82.4 cm³/mol. The average molecular weight is 345 g/mol. The predicted octanol–water partition coefficient (Wildman–Crippen LogP) is 3.88. The fourth-order valence-corrected chi connectivity index (χ4v) is 3.69. The first-order valence-corrected chi connectivity index (χ1v) is 8.23. The summed E-state index contributed by atoms with van der Waals surface area (Å²) in [6.07, 6.45) is 2.20. The van der Waals surface area contributed by atoms with Crippen molar-refractivity contribution in [1.82, 2.24) is 4.90 Å². The number of likely N-dealkylation sites (tertiary alicyclic amines) is 1. The van der Waals surface area contributed by atoms with Crippen LogP contribution in [-0.4, -0.2) is 29.4 Å². The number of alkyl halides is 1. The quantitative estimate of drug-likeness (QED) is 0.755. The Labute approximate surface area is 128 Å². The molecular weight excluding hydrogens is 326 g/mol. The van der Waals surface area contributed by atoms with E-state index in [2.05, 4.69) is 33.8 Å². The van der Waals surface area contributed by atoms with Crippen LogP contribution in [0, 0.1) is 5.92 Å².